The molecule has 2 aromatic heterocycles. The van der Waals surface area contributed by atoms with Crippen LogP contribution in [0.5, 0.6) is 34.5 Å². The summed E-state index contributed by atoms with van der Waals surface area (Å²) in [6.45, 7) is 17.0. The maximum absolute atomic E-state index is 14.0. The molecule has 81 heavy (non-hydrogen) atoms. The molecule has 0 saturated heterocycles. The van der Waals surface area contributed by atoms with E-state index in [1.54, 1.807) is 12.1 Å². The van der Waals surface area contributed by atoms with Crippen LogP contribution in [0.15, 0.2) is 48.5 Å². The Labute approximate surface area is 493 Å². The van der Waals surface area contributed by atoms with Crippen molar-refractivity contribution in [2.45, 2.75) is 279 Å². The Kier molecular flexibility index (Phi) is 37.9. The molecule has 0 aliphatic carbocycles. The van der Waals surface area contributed by atoms with Gasteiger partial charge in [0.05, 0.1) is 57.4 Å². The van der Waals surface area contributed by atoms with Gasteiger partial charge in [0.25, 0.3) is 0 Å². The highest BCUT2D eigenvalue weighted by molar-refractivity contribution is 6.12. The fourth-order valence-corrected chi connectivity index (χ4v) is 10.3. The van der Waals surface area contributed by atoms with Crippen molar-refractivity contribution in [1.29, 1.82) is 0 Å². The quantitative estimate of drug-likeness (QED) is 0.0255. The summed E-state index contributed by atoms with van der Waals surface area (Å²) >= 11 is 0. The largest absolute Gasteiger partial charge is 0.490 e. The monoisotopic (exact) mass is 1120 g/mol. The minimum atomic E-state index is -0.297. The molecule has 10 nitrogen and oxygen atoms in total. The fourth-order valence-electron chi connectivity index (χ4n) is 10.3. The van der Waals surface area contributed by atoms with Gasteiger partial charge in [-0.2, -0.15) is 0 Å². The number of aromatic amines is 2. The zero-order valence-electron chi connectivity index (χ0n) is 52.3. The first-order valence-corrected chi connectivity index (χ1v) is 33.4. The maximum Gasteiger partial charge on any atom is 0.203 e. The van der Waals surface area contributed by atoms with Crippen LogP contribution in [0.2, 0.25) is 0 Å². The Bertz CT molecular complexity index is 1990. The lowest BCUT2D eigenvalue weighted by molar-refractivity contribution is 0.0889. The molecule has 4 rings (SSSR count). The second kappa shape index (κ2) is 44.7. The first-order chi connectivity index (χ1) is 39.9. The Morgan fingerprint density at radius 1 is 0.296 bits per heavy atom. The van der Waals surface area contributed by atoms with Gasteiger partial charge in [-0.1, -0.05) is 234 Å². The zero-order valence-corrected chi connectivity index (χ0v) is 52.3. The lowest BCUT2D eigenvalue weighted by atomic mass is 10.1. The number of nitrogens with one attached hydrogen (secondary N) is 2. The number of carbonyl (C=O) groups excluding carboxylic acids is 2. The number of ketones is 2. The molecule has 2 heterocycles. The van der Waals surface area contributed by atoms with Gasteiger partial charge in [-0.3, -0.25) is 9.59 Å². The predicted octanol–water partition coefficient (Wildman–Crippen LogP) is 21.6. The molecule has 0 amide bonds. The smallest absolute Gasteiger partial charge is 0.203 e. The van der Waals surface area contributed by atoms with E-state index < -0.39 is 0 Å². The highest BCUT2D eigenvalue weighted by atomic mass is 16.5. The molecule has 2 aromatic carbocycles. The van der Waals surface area contributed by atoms with E-state index in [9.17, 15) is 9.59 Å². The van der Waals surface area contributed by atoms with E-state index in [1.165, 1.54) is 154 Å². The molecule has 0 saturated carbocycles. The highest BCUT2D eigenvalue weighted by Crippen LogP contribution is 2.44. The van der Waals surface area contributed by atoms with Gasteiger partial charge in [0.15, 0.2) is 34.6 Å². The van der Waals surface area contributed by atoms with Crippen LogP contribution in [0, 0.1) is 0 Å². The Balaban J connectivity index is 1.57. The second-order valence-corrected chi connectivity index (χ2v) is 22.9. The molecule has 10 heteroatoms. The van der Waals surface area contributed by atoms with Crippen LogP contribution >= 0.6 is 0 Å². The molecule has 0 spiro atoms. The van der Waals surface area contributed by atoms with Crippen molar-refractivity contribution in [2.24, 2.45) is 0 Å². The summed E-state index contributed by atoms with van der Waals surface area (Å²) in [4.78, 5) is 34.8. The van der Waals surface area contributed by atoms with Crippen molar-refractivity contribution in [3.8, 4) is 57.0 Å². The average molecular weight is 1120 g/mol. The molecule has 0 fully saturated rings. The molecule has 0 bridgehead atoms. The second-order valence-electron chi connectivity index (χ2n) is 22.9. The minimum absolute atomic E-state index is 0.289. The van der Waals surface area contributed by atoms with Gasteiger partial charge in [-0.05, 0) is 87.1 Å². The van der Waals surface area contributed by atoms with Crippen LogP contribution in [0.3, 0.4) is 0 Å². The molecule has 4 aromatic rings. The molecule has 0 aliphatic heterocycles. The van der Waals surface area contributed by atoms with Crippen LogP contribution in [0.4, 0.5) is 0 Å². The SMILES string of the molecule is CCCCCCCCOc1cc(-c2ccc(C(=O)CC(=O)c3ccc(-c4cc(OCCCCCCCC)c(OCCCCCCCC)c(OCCCCCCCC)c4)[nH]3)[nH]2)cc(OCCCCCCCC)c1OCCCCCCCC. The van der Waals surface area contributed by atoms with E-state index in [0.717, 1.165) is 99.6 Å². The third-order valence-corrected chi connectivity index (χ3v) is 15.5. The van der Waals surface area contributed by atoms with Crippen LogP contribution in [0.1, 0.15) is 300 Å². The van der Waals surface area contributed by atoms with Crippen LogP contribution in [-0.4, -0.2) is 61.2 Å². The molecule has 2 N–H and O–H groups in total. The van der Waals surface area contributed by atoms with Crippen molar-refractivity contribution in [3.05, 3.63) is 59.9 Å². The highest BCUT2D eigenvalue weighted by Gasteiger charge is 2.23. The van der Waals surface area contributed by atoms with Gasteiger partial charge in [-0.15, -0.1) is 0 Å². The average Bonchev–Trinajstić information content (AvgIpc) is 4.24. The predicted molar refractivity (Wildman–Crippen MR) is 339 cm³/mol. The van der Waals surface area contributed by atoms with Crippen LogP contribution in [-0.2, 0) is 0 Å². The van der Waals surface area contributed by atoms with Crippen molar-refractivity contribution in [2.75, 3.05) is 39.6 Å². The number of unbranched alkanes of at least 4 members (excludes halogenated alkanes) is 30. The first kappa shape index (κ1) is 68.6. The number of H-pyrrole nitrogens is 2. The zero-order chi connectivity index (χ0) is 57.8. The molecular weight excluding hydrogens is 1010 g/mol. The number of benzene rings is 2. The fraction of sp³-hybridized carbons (Fsp3) is 0.690. The molecular formula is C71H114N2O8. The minimum Gasteiger partial charge on any atom is -0.490 e. The summed E-state index contributed by atoms with van der Waals surface area (Å²) in [5.74, 6) is 3.38. The Hall–Kier alpha value is -4.86. The van der Waals surface area contributed by atoms with Crippen molar-refractivity contribution >= 4 is 11.6 Å². The Morgan fingerprint density at radius 2 is 0.519 bits per heavy atom. The van der Waals surface area contributed by atoms with E-state index in [4.69, 9.17) is 28.4 Å². The molecule has 456 valence electrons. The Morgan fingerprint density at radius 3 is 0.765 bits per heavy atom. The van der Waals surface area contributed by atoms with E-state index in [0.29, 0.717) is 85.5 Å². The van der Waals surface area contributed by atoms with Gasteiger partial charge in [0, 0.05) is 22.5 Å². The third-order valence-electron chi connectivity index (χ3n) is 15.5. The maximum atomic E-state index is 14.0. The first-order valence-electron chi connectivity index (χ1n) is 33.4. The molecule has 0 radical (unpaired) electrons. The summed E-state index contributed by atoms with van der Waals surface area (Å²) in [5, 5.41) is 0. The summed E-state index contributed by atoms with van der Waals surface area (Å²) in [6.07, 6.45) is 41.8. The van der Waals surface area contributed by atoms with Gasteiger partial charge in [0.1, 0.15) is 0 Å². The summed E-state index contributed by atoms with van der Waals surface area (Å²) in [7, 11) is 0. The van der Waals surface area contributed by atoms with E-state index >= 15 is 0 Å². The summed E-state index contributed by atoms with van der Waals surface area (Å²) < 4.78 is 39.5. The summed E-state index contributed by atoms with van der Waals surface area (Å²) in [6, 6.07) is 15.4. The van der Waals surface area contributed by atoms with Gasteiger partial charge >= 0.3 is 0 Å². The summed E-state index contributed by atoms with van der Waals surface area (Å²) in [5.41, 5.74) is 3.89. The van der Waals surface area contributed by atoms with Gasteiger partial charge < -0.3 is 38.4 Å². The number of Topliss-reactive ketones (excluding diaryl/α,β-unsaturated/α-hetero) is 2. The topological polar surface area (TPSA) is 121 Å². The lowest BCUT2D eigenvalue weighted by Crippen LogP contribution is -2.09. The van der Waals surface area contributed by atoms with Crippen molar-refractivity contribution in [1.82, 2.24) is 9.97 Å². The number of aromatic nitrogens is 2. The lowest BCUT2D eigenvalue weighted by Gasteiger charge is -2.19. The number of carbonyl (C=O) groups is 2. The van der Waals surface area contributed by atoms with Gasteiger partial charge in [-0.25, -0.2) is 0 Å². The van der Waals surface area contributed by atoms with Crippen LogP contribution < -0.4 is 28.4 Å². The van der Waals surface area contributed by atoms with Crippen molar-refractivity contribution in [3.63, 3.8) is 0 Å². The number of hydrogen-bond donors (Lipinski definition) is 2. The number of rotatable bonds is 54. The van der Waals surface area contributed by atoms with Gasteiger partial charge in [0.2, 0.25) is 11.5 Å². The van der Waals surface area contributed by atoms with Crippen molar-refractivity contribution < 1.29 is 38.0 Å². The molecule has 0 unspecified atom stereocenters. The van der Waals surface area contributed by atoms with E-state index in [-0.39, 0.29) is 18.0 Å². The van der Waals surface area contributed by atoms with E-state index in [2.05, 4.69) is 51.5 Å². The van der Waals surface area contributed by atoms with E-state index in [1.807, 2.05) is 36.4 Å². The standard InChI is InChI=1S/C71H114N2O8/c1-7-13-19-25-31-37-47-76-66-53-58(54-67(77-48-38-32-26-20-14-8-2)70(66)80-51-41-35-29-23-17-11-5)60-43-45-62(72-60)64(74)57-65(75)63-46-44-61(73-63)59-55-68(78-49-39-33-27-21-15-9-3)71(81-52-42-36-30-24-18-12-6)69(56-59)79-50-40-34-28-22-16-10-4/h43-46,53-56,72-73H,7-42,47-52,57H2,1-6H3. The third kappa shape index (κ3) is 28.3. The molecule has 0 aliphatic rings. The normalized spacial score (nSPS) is 11.3. The number of hydrogen-bond acceptors (Lipinski definition) is 8. The van der Waals surface area contributed by atoms with Crippen LogP contribution in [0.25, 0.3) is 22.5 Å². The number of ether oxygens (including phenoxy) is 6. The molecule has 0 atom stereocenters.